The van der Waals surface area contributed by atoms with Crippen LogP contribution in [0, 0.1) is 17.8 Å². The quantitative estimate of drug-likeness (QED) is 0.821. The van der Waals surface area contributed by atoms with Crippen LogP contribution in [0.15, 0.2) is 30.3 Å². The van der Waals surface area contributed by atoms with Gasteiger partial charge in [-0.15, -0.1) is 0 Å². The molecule has 0 amide bonds. The number of piperidine rings is 1. The van der Waals surface area contributed by atoms with Crippen molar-refractivity contribution in [2.24, 2.45) is 11.7 Å². The Bertz CT molecular complexity index is 471. The largest absolute Gasteiger partial charge is 0.315 e. The highest BCUT2D eigenvalue weighted by atomic mass is 15.1. The molecular weight excluding hydrogens is 232 g/mol. The fourth-order valence-electron chi connectivity index (χ4n) is 2.55. The van der Waals surface area contributed by atoms with Crippen LogP contribution in [0.2, 0.25) is 0 Å². The van der Waals surface area contributed by atoms with Crippen molar-refractivity contribution in [3.8, 4) is 11.8 Å². The summed E-state index contributed by atoms with van der Waals surface area (Å²) in [5.74, 6) is 7.34. The highest BCUT2D eigenvalue weighted by molar-refractivity contribution is 5.22. The Morgan fingerprint density at radius 2 is 1.84 bits per heavy atom. The molecule has 0 unspecified atom stereocenters. The van der Waals surface area contributed by atoms with Gasteiger partial charge in [0.2, 0.25) is 0 Å². The second-order valence-corrected chi connectivity index (χ2v) is 5.96. The van der Waals surface area contributed by atoms with Gasteiger partial charge in [-0.1, -0.05) is 42.2 Å². The van der Waals surface area contributed by atoms with E-state index in [2.05, 4.69) is 47.1 Å². The molecule has 0 bridgehead atoms. The topological polar surface area (TPSA) is 29.3 Å². The molecule has 3 rings (SSSR count). The minimum absolute atomic E-state index is 0.226. The van der Waals surface area contributed by atoms with Crippen LogP contribution in [-0.2, 0) is 6.54 Å². The number of nitrogens with two attached hydrogens (primary N) is 1. The molecule has 2 N–H and O–H groups in total. The lowest BCUT2D eigenvalue weighted by Gasteiger charge is -2.36. The van der Waals surface area contributed by atoms with Gasteiger partial charge in [0.1, 0.15) is 0 Å². The normalized spacial score (nSPS) is 22.6. The lowest BCUT2D eigenvalue weighted by atomic mass is 9.89. The van der Waals surface area contributed by atoms with E-state index in [0.29, 0.717) is 5.92 Å². The number of nitrogens with zero attached hydrogens (tertiary/aromatic N) is 1. The molecule has 1 heterocycles. The van der Waals surface area contributed by atoms with Gasteiger partial charge >= 0.3 is 0 Å². The average Bonchev–Trinajstić information content (AvgIpc) is 3.25. The SMILES string of the molecule is NC1(C#CC2CC2)CCN(Cc2ccccc2)CC1. The highest BCUT2D eigenvalue weighted by Crippen LogP contribution is 2.28. The van der Waals surface area contributed by atoms with Crippen LogP contribution in [-0.4, -0.2) is 23.5 Å². The number of likely N-dealkylation sites (tertiary alicyclic amines) is 1. The van der Waals surface area contributed by atoms with Crippen molar-refractivity contribution >= 4 is 0 Å². The second kappa shape index (κ2) is 5.36. The van der Waals surface area contributed by atoms with Crippen molar-refractivity contribution in [2.75, 3.05) is 13.1 Å². The molecule has 2 nitrogen and oxygen atoms in total. The fourth-order valence-corrected chi connectivity index (χ4v) is 2.55. The molecule has 2 heteroatoms. The summed E-state index contributed by atoms with van der Waals surface area (Å²) in [6.45, 7) is 3.16. The van der Waals surface area contributed by atoms with Gasteiger partial charge in [-0.25, -0.2) is 0 Å². The van der Waals surface area contributed by atoms with Gasteiger partial charge in [0.25, 0.3) is 0 Å². The summed E-state index contributed by atoms with van der Waals surface area (Å²) in [7, 11) is 0. The Kier molecular flexibility index (Phi) is 3.59. The lowest BCUT2D eigenvalue weighted by Crippen LogP contribution is -2.49. The van der Waals surface area contributed by atoms with Crippen LogP contribution in [0.25, 0.3) is 0 Å². The zero-order chi connectivity index (χ0) is 13.1. The standard InChI is InChI=1S/C17H22N2/c18-17(9-8-15-6-7-15)10-12-19(13-11-17)14-16-4-2-1-3-5-16/h1-5,15H,6-7,10-14,18H2. The van der Waals surface area contributed by atoms with E-state index >= 15 is 0 Å². The summed E-state index contributed by atoms with van der Waals surface area (Å²) < 4.78 is 0. The first kappa shape index (κ1) is 12.7. The lowest BCUT2D eigenvalue weighted by molar-refractivity contribution is 0.182. The minimum Gasteiger partial charge on any atom is -0.315 e. The molecule has 1 aliphatic heterocycles. The van der Waals surface area contributed by atoms with E-state index in [0.717, 1.165) is 32.5 Å². The molecule has 1 saturated heterocycles. The Hall–Kier alpha value is -1.30. The molecule has 2 fully saturated rings. The first-order valence-corrected chi connectivity index (χ1v) is 7.31. The maximum absolute atomic E-state index is 6.39. The summed E-state index contributed by atoms with van der Waals surface area (Å²) in [4.78, 5) is 2.49. The zero-order valence-electron chi connectivity index (χ0n) is 11.4. The molecule has 0 spiro atoms. The molecule has 0 atom stereocenters. The fraction of sp³-hybridized carbons (Fsp3) is 0.529. The van der Waals surface area contributed by atoms with E-state index in [9.17, 15) is 0 Å². The highest BCUT2D eigenvalue weighted by Gasteiger charge is 2.29. The van der Waals surface area contributed by atoms with Crippen LogP contribution in [0.1, 0.15) is 31.2 Å². The summed E-state index contributed by atoms with van der Waals surface area (Å²) in [5, 5.41) is 0. The molecule has 1 aromatic carbocycles. The first-order chi connectivity index (χ1) is 9.23. The molecule has 1 aliphatic carbocycles. The summed E-state index contributed by atoms with van der Waals surface area (Å²) >= 11 is 0. The number of hydrogen-bond acceptors (Lipinski definition) is 2. The zero-order valence-corrected chi connectivity index (χ0v) is 11.4. The van der Waals surface area contributed by atoms with Crippen molar-refractivity contribution in [1.82, 2.24) is 4.90 Å². The third kappa shape index (κ3) is 3.59. The van der Waals surface area contributed by atoms with Crippen LogP contribution in [0.4, 0.5) is 0 Å². The molecule has 100 valence electrons. The molecule has 1 aromatic rings. The van der Waals surface area contributed by atoms with Crippen LogP contribution in [0.5, 0.6) is 0 Å². The van der Waals surface area contributed by atoms with E-state index in [4.69, 9.17) is 5.73 Å². The van der Waals surface area contributed by atoms with Crippen LogP contribution in [0.3, 0.4) is 0 Å². The van der Waals surface area contributed by atoms with Crippen molar-refractivity contribution in [1.29, 1.82) is 0 Å². The van der Waals surface area contributed by atoms with Crippen LogP contribution >= 0.6 is 0 Å². The van der Waals surface area contributed by atoms with Gasteiger partial charge < -0.3 is 5.73 Å². The van der Waals surface area contributed by atoms with E-state index in [1.807, 2.05) is 0 Å². The predicted octanol–water partition coefficient (Wildman–Crippen LogP) is 2.39. The summed E-state index contributed by atoms with van der Waals surface area (Å²) in [5.41, 5.74) is 7.55. The Morgan fingerprint density at radius 3 is 2.47 bits per heavy atom. The van der Waals surface area contributed by atoms with Crippen molar-refractivity contribution in [3.63, 3.8) is 0 Å². The number of hydrogen-bond donors (Lipinski definition) is 1. The Morgan fingerprint density at radius 1 is 1.16 bits per heavy atom. The van der Waals surface area contributed by atoms with Gasteiger partial charge in [0.15, 0.2) is 0 Å². The maximum atomic E-state index is 6.39. The number of rotatable bonds is 2. The smallest absolute Gasteiger partial charge is 0.0800 e. The first-order valence-electron chi connectivity index (χ1n) is 7.31. The monoisotopic (exact) mass is 254 g/mol. The summed E-state index contributed by atoms with van der Waals surface area (Å²) in [6.07, 6.45) is 4.56. The Labute approximate surface area is 116 Å². The van der Waals surface area contributed by atoms with Gasteiger partial charge in [-0.2, -0.15) is 0 Å². The minimum atomic E-state index is -0.226. The third-order valence-corrected chi connectivity index (χ3v) is 4.10. The molecule has 2 aliphatic rings. The Balaban J connectivity index is 1.53. The van der Waals surface area contributed by atoms with Crippen LogP contribution < -0.4 is 5.73 Å². The van der Waals surface area contributed by atoms with E-state index in [-0.39, 0.29) is 5.54 Å². The number of benzene rings is 1. The molecule has 0 aromatic heterocycles. The maximum Gasteiger partial charge on any atom is 0.0800 e. The van der Waals surface area contributed by atoms with Gasteiger partial charge in [-0.05, 0) is 31.2 Å². The molecule has 1 saturated carbocycles. The predicted molar refractivity (Wildman–Crippen MR) is 78.4 cm³/mol. The van der Waals surface area contributed by atoms with E-state index in [1.165, 1.54) is 18.4 Å². The molecule has 0 radical (unpaired) electrons. The van der Waals surface area contributed by atoms with E-state index < -0.39 is 0 Å². The van der Waals surface area contributed by atoms with Gasteiger partial charge in [0.05, 0.1) is 5.54 Å². The van der Waals surface area contributed by atoms with Gasteiger partial charge in [-0.3, -0.25) is 4.90 Å². The average molecular weight is 254 g/mol. The van der Waals surface area contributed by atoms with Crippen molar-refractivity contribution in [3.05, 3.63) is 35.9 Å². The summed E-state index contributed by atoms with van der Waals surface area (Å²) in [6, 6.07) is 10.7. The van der Waals surface area contributed by atoms with Crippen molar-refractivity contribution < 1.29 is 0 Å². The van der Waals surface area contributed by atoms with Crippen molar-refractivity contribution in [2.45, 2.75) is 37.8 Å². The molecular formula is C17H22N2. The van der Waals surface area contributed by atoms with Gasteiger partial charge in [0, 0.05) is 25.6 Å². The third-order valence-electron chi connectivity index (χ3n) is 4.10. The van der Waals surface area contributed by atoms with E-state index in [1.54, 1.807) is 0 Å². The molecule has 19 heavy (non-hydrogen) atoms. The second-order valence-electron chi connectivity index (χ2n) is 5.96.